The molecule has 120 valence electrons. The molecule has 22 heavy (non-hydrogen) atoms. The van der Waals surface area contributed by atoms with E-state index in [0.29, 0.717) is 12.0 Å². The van der Waals surface area contributed by atoms with Crippen LogP contribution in [0.1, 0.15) is 44.6 Å². The van der Waals surface area contributed by atoms with E-state index in [1.165, 1.54) is 30.6 Å². The lowest BCUT2D eigenvalue weighted by Gasteiger charge is -2.15. The minimum atomic E-state index is -0.142. The van der Waals surface area contributed by atoms with Crippen LogP contribution in [0.4, 0.5) is 4.39 Å². The highest BCUT2D eigenvalue weighted by atomic mass is 32.1. The molecule has 0 amide bonds. The number of ether oxygens (including phenoxy) is 1. The van der Waals surface area contributed by atoms with Gasteiger partial charge in [-0.3, -0.25) is 0 Å². The molecular weight excluding hydrogens is 297 g/mol. The maximum absolute atomic E-state index is 14.6. The molecule has 1 atom stereocenters. The van der Waals surface area contributed by atoms with Gasteiger partial charge in [0.15, 0.2) is 0 Å². The summed E-state index contributed by atoms with van der Waals surface area (Å²) in [6, 6.07) is 5.57. The van der Waals surface area contributed by atoms with Gasteiger partial charge in [0.2, 0.25) is 0 Å². The molecule has 2 rings (SSSR count). The quantitative estimate of drug-likeness (QED) is 0.571. The zero-order valence-electron chi connectivity index (χ0n) is 13.3. The topological polar surface area (TPSA) is 22.1 Å². The zero-order valence-corrected chi connectivity index (χ0v) is 14.2. The van der Waals surface area contributed by atoms with Crippen molar-refractivity contribution in [3.63, 3.8) is 0 Å². The Morgan fingerprint density at radius 1 is 1.27 bits per heavy atom. The summed E-state index contributed by atoms with van der Waals surface area (Å²) in [6.45, 7) is 2.20. The fourth-order valence-electron chi connectivity index (χ4n) is 2.63. The van der Waals surface area contributed by atoms with Crippen LogP contribution in [0.5, 0.6) is 0 Å². The third kappa shape index (κ3) is 4.62. The molecule has 0 saturated carbocycles. The summed E-state index contributed by atoms with van der Waals surface area (Å²) in [4.78, 5) is 4.20. The monoisotopic (exact) mass is 321 g/mol. The second-order valence-electron chi connectivity index (χ2n) is 5.54. The van der Waals surface area contributed by atoms with Gasteiger partial charge < -0.3 is 4.74 Å². The zero-order chi connectivity index (χ0) is 15.8. The van der Waals surface area contributed by atoms with Crippen molar-refractivity contribution in [2.24, 2.45) is 0 Å². The molecule has 1 aromatic carbocycles. The van der Waals surface area contributed by atoms with Gasteiger partial charge in [-0.25, -0.2) is 9.37 Å². The number of aromatic nitrogens is 1. The number of aryl methyl sites for hydroxylation is 1. The molecule has 0 spiro atoms. The lowest BCUT2D eigenvalue weighted by atomic mass is 9.99. The van der Waals surface area contributed by atoms with Gasteiger partial charge in [0, 0.05) is 18.1 Å². The Kier molecular flexibility index (Phi) is 7.00. The predicted molar refractivity (Wildman–Crippen MR) is 90.8 cm³/mol. The Hall–Kier alpha value is -1.26. The van der Waals surface area contributed by atoms with Gasteiger partial charge in [0.1, 0.15) is 5.82 Å². The molecule has 0 aliphatic heterocycles. The number of unbranched alkanes of at least 4 members (excludes halogenated alkanes) is 2. The SMILES string of the molecule is CCCCCC(CCc1cccc(-c2cscn2)c1F)OC. The van der Waals surface area contributed by atoms with Crippen molar-refractivity contribution in [3.8, 4) is 11.3 Å². The second-order valence-corrected chi connectivity index (χ2v) is 6.26. The van der Waals surface area contributed by atoms with Crippen LogP contribution in [-0.4, -0.2) is 18.2 Å². The van der Waals surface area contributed by atoms with Gasteiger partial charge in [-0.15, -0.1) is 11.3 Å². The average Bonchev–Trinajstić information content (AvgIpc) is 3.06. The maximum atomic E-state index is 14.6. The molecule has 1 aromatic heterocycles. The summed E-state index contributed by atoms with van der Waals surface area (Å²) in [5, 5.41) is 1.88. The molecular formula is C18H24FNOS. The number of rotatable bonds is 9. The fraction of sp³-hybridized carbons (Fsp3) is 0.500. The smallest absolute Gasteiger partial charge is 0.135 e. The summed E-state index contributed by atoms with van der Waals surface area (Å²) in [7, 11) is 1.75. The summed E-state index contributed by atoms with van der Waals surface area (Å²) in [5.74, 6) is -0.142. The van der Waals surface area contributed by atoms with E-state index in [1.807, 2.05) is 17.5 Å². The third-order valence-electron chi connectivity index (χ3n) is 3.99. The fourth-order valence-corrected chi connectivity index (χ4v) is 3.19. The minimum Gasteiger partial charge on any atom is -0.381 e. The first-order chi connectivity index (χ1) is 10.8. The Morgan fingerprint density at radius 2 is 2.14 bits per heavy atom. The van der Waals surface area contributed by atoms with Crippen LogP contribution in [0.15, 0.2) is 29.1 Å². The Balaban J connectivity index is 1.99. The van der Waals surface area contributed by atoms with Crippen molar-refractivity contribution < 1.29 is 9.13 Å². The summed E-state index contributed by atoms with van der Waals surface area (Å²) in [5.41, 5.74) is 3.80. The molecule has 0 saturated heterocycles. The van der Waals surface area contributed by atoms with Crippen molar-refractivity contribution in [1.29, 1.82) is 0 Å². The summed E-state index contributed by atoms with van der Waals surface area (Å²) in [6.07, 6.45) is 6.45. The molecule has 0 radical (unpaired) electrons. The van der Waals surface area contributed by atoms with Crippen molar-refractivity contribution in [2.75, 3.05) is 7.11 Å². The van der Waals surface area contributed by atoms with Gasteiger partial charge in [0.25, 0.3) is 0 Å². The molecule has 0 N–H and O–H groups in total. The van der Waals surface area contributed by atoms with Crippen molar-refractivity contribution >= 4 is 11.3 Å². The normalized spacial score (nSPS) is 12.5. The van der Waals surface area contributed by atoms with E-state index in [2.05, 4.69) is 11.9 Å². The summed E-state index contributed by atoms with van der Waals surface area (Å²) < 4.78 is 20.1. The van der Waals surface area contributed by atoms with Crippen LogP contribution in [0.2, 0.25) is 0 Å². The van der Waals surface area contributed by atoms with E-state index < -0.39 is 0 Å². The Labute approximate surface area is 136 Å². The number of thiazole rings is 1. The standard InChI is InChI=1S/C18H24FNOS/c1-3-4-5-8-15(21-2)11-10-14-7-6-9-16(18(14)19)17-12-22-13-20-17/h6-7,9,12-13,15H,3-5,8,10-11H2,1-2H3. The first-order valence-electron chi connectivity index (χ1n) is 7.95. The first-order valence-corrected chi connectivity index (χ1v) is 8.89. The minimum absolute atomic E-state index is 0.142. The van der Waals surface area contributed by atoms with Gasteiger partial charge in [-0.1, -0.05) is 38.3 Å². The Bertz CT molecular complexity index is 556. The molecule has 4 heteroatoms. The average molecular weight is 321 g/mol. The molecule has 1 unspecified atom stereocenters. The van der Waals surface area contributed by atoms with Gasteiger partial charge in [-0.2, -0.15) is 0 Å². The number of benzene rings is 1. The van der Waals surface area contributed by atoms with Gasteiger partial charge in [-0.05, 0) is 30.9 Å². The second kappa shape index (κ2) is 9.01. The van der Waals surface area contributed by atoms with Crippen molar-refractivity contribution in [1.82, 2.24) is 4.98 Å². The van der Waals surface area contributed by atoms with E-state index in [0.717, 1.165) is 24.1 Å². The molecule has 0 bridgehead atoms. The highest BCUT2D eigenvalue weighted by molar-refractivity contribution is 7.07. The molecule has 0 fully saturated rings. The van der Waals surface area contributed by atoms with E-state index >= 15 is 0 Å². The van der Waals surface area contributed by atoms with E-state index in [4.69, 9.17) is 4.74 Å². The molecule has 2 aromatic rings. The molecule has 0 aliphatic rings. The van der Waals surface area contributed by atoms with Gasteiger partial charge in [0.05, 0.1) is 17.3 Å². The third-order valence-corrected chi connectivity index (χ3v) is 4.57. The predicted octanol–water partition coefficient (Wildman–Crippen LogP) is 5.48. The number of hydrogen-bond donors (Lipinski definition) is 0. The summed E-state index contributed by atoms with van der Waals surface area (Å²) >= 11 is 1.48. The number of halogens is 1. The molecule has 0 aliphatic carbocycles. The van der Waals surface area contributed by atoms with Crippen LogP contribution in [0.3, 0.4) is 0 Å². The lowest BCUT2D eigenvalue weighted by Crippen LogP contribution is -2.12. The Morgan fingerprint density at radius 3 is 2.82 bits per heavy atom. The lowest BCUT2D eigenvalue weighted by molar-refractivity contribution is 0.0858. The van der Waals surface area contributed by atoms with Crippen LogP contribution in [-0.2, 0) is 11.2 Å². The van der Waals surface area contributed by atoms with Crippen molar-refractivity contribution in [3.05, 3.63) is 40.5 Å². The first kappa shape index (κ1) is 17.1. The van der Waals surface area contributed by atoms with Crippen LogP contribution in [0.25, 0.3) is 11.3 Å². The van der Waals surface area contributed by atoms with Gasteiger partial charge >= 0.3 is 0 Å². The maximum Gasteiger partial charge on any atom is 0.135 e. The number of methoxy groups -OCH3 is 1. The number of nitrogens with zero attached hydrogens (tertiary/aromatic N) is 1. The van der Waals surface area contributed by atoms with Crippen LogP contribution in [0, 0.1) is 5.82 Å². The highest BCUT2D eigenvalue weighted by Crippen LogP contribution is 2.26. The van der Waals surface area contributed by atoms with E-state index in [9.17, 15) is 4.39 Å². The largest absolute Gasteiger partial charge is 0.381 e. The number of hydrogen-bond acceptors (Lipinski definition) is 3. The van der Waals surface area contributed by atoms with Crippen LogP contribution >= 0.6 is 11.3 Å². The molecule has 1 heterocycles. The van der Waals surface area contributed by atoms with Crippen LogP contribution < -0.4 is 0 Å². The molecule has 2 nitrogen and oxygen atoms in total. The van der Waals surface area contributed by atoms with Crippen molar-refractivity contribution in [2.45, 2.75) is 51.6 Å². The van der Waals surface area contributed by atoms with E-state index in [-0.39, 0.29) is 11.9 Å². The highest BCUT2D eigenvalue weighted by Gasteiger charge is 2.13. The van der Waals surface area contributed by atoms with E-state index in [1.54, 1.807) is 18.7 Å².